The Morgan fingerprint density at radius 3 is 2.53 bits per heavy atom. The number of pyridine rings is 1. The van der Waals surface area contributed by atoms with E-state index in [2.05, 4.69) is 16.8 Å². The zero-order valence-corrected chi connectivity index (χ0v) is 10.4. The van der Waals surface area contributed by atoms with Gasteiger partial charge in [0.2, 0.25) is 0 Å². The van der Waals surface area contributed by atoms with Gasteiger partial charge < -0.3 is 20.2 Å². The molecule has 102 valence electrons. The topological polar surface area (TPSA) is 93.9 Å². The molecule has 0 unspecified atom stereocenters. The lowest BCUT2D eigenvalue weighted by molar-refractivity contribution is 0.0678. The SMILES string of the molecule is O=C(c1ncccc1C#CCO)N(CCO)CCO. The highest BCUT2D eigenvalue weighted by Crippen LogP contribution is 2.07. The quantitative estimate of drug-likeness (QED) is 0.584. The van der Waals surface area contributed by atoms with Gasteiger partial charge in [-0.1, -0.05) is 11.8 Å². The summed E-state index contributed by atoms with van der Waals surface area (Å²) >= 11 is 0. The first-order valence-corrected chi connectivity index (χ1v) is 5.80. The summed E-state index contributed by atoms with van der Waals surface area (Å²) in [6.45, 7) is -0.475. The normalized spacial score (nSPS) is 9.63. The first-order valence-electron chi connectivity index (χ1n) is 5.80. The molecular formula is C13H16N2O4. The van der Waals surface area contributed by atoms with Crippen molar-refractivity contribution in [1.29, 1.82) is 0 Å². The summed E-state index contributed by atoms with van der Waals surface area (Å²) in [6.07, 6.45) is 1.47. The van der Waals surface area contributed by atoms with Gasteiger partial charge >= 0.3 is 0 Å². The van der Waals surface area contributed by atoms with Gasteiger partial charge in [-0.25, -0.2) is 4.98 Å². The van der Waals surface area contributed by atoms with E-state index in [0.717, 1.165) is 0 Å². The fraction of sp³-hybridized carbons (Fsp3) is 0.385. The van der Waals surface area contributed by atoms with Gasteiger partial charge in [-0.05, 0) is 12.1 Å². The number of aromatic nitrogens is 1. The van der Waals surface area contributed by atoms with Crippen LogP contribution >= 0.6 is 0 Å². The summed E-state index contributed by atoms with van der Waals surface area (Å²) in [6, 6.07) is 3.26. The number of nitrogens with zero attached hydrogens (tertiary/aromatic N) is 2. The van der Waals surface area contributed by atoms with Crippen LogP contribution in [0.4, 0.5) is 0 Å². The Balaban J connectivity index is 3.03. The molecule has 0 aromatic carbocycles. The second kappa shape index (κ2) is 8.21. The Kier molecular flexibility index (Phi) is 6.53. The summed E-state index contributed by atoms with van der Waals surface area (Å²) in [7, 11) is 0. The van der Waals surface area contributed by atoms with Crippen LogP contribution in [-0.2, 0) is 0 Å². The smallest absolute Gasteiger partial charge is 0.273 e. The minimum absolute atomic E-state index is 0.114. The first-order chi connectivity index (χ1) is 9.24. The van der Waals surface area contributed by atoms with E-state index >= 15 is 0 Å². The highest BCUT2D eigenvalue weighted by Gasteiger charge is 2.18. The molecule has 1 aromatic rings. The van der Waals surface area contributed by atoms with Crippen LogP contribution in [0.3, 0.4) is 0 Å². The standard InChI is InChI=1S/C13H16N2O4/c16-8-2-4-11-3-1-5-14-12(11)13(19)15(6-9-17)7-10-18/h1,3,5,16-18H,6-10H2. The third-order valence-corrected chi connectivity index (χ3v) is 2.34. The van der Waals surface area contributed by atoms with E-state index in [0.29, 0.717) is 5.56 Å². The van der Waals surface area contributed by atoms with Crippen LogP contribution in [0.15, 0.2) is 18.3 Å². The lowest BCUT2D eigenvalue weighted by atomic mass is 10.1. The Hall–Kier alpha value is -1.94. The maximum atomic E-state index is 12.2. The lowest BCUT2D eigenvalue weighted by Crippen LogP contribution is -2.36. The number of aliphatic hydroxyl groups is 3. The van der Waals surface area contributed by atoms with Gasteiger partial charge in [0.15, 0.2) is 0 Å². The van der Waals surface area contributed by atoms with Crippen molar-refractivity contribution in [3.05, 3.63) is 29.6 Å². The van der Waals surface area contributed by atoms with Gasteiger partial charge in [-0.15, -0.1) is 0 Å². The second-order valence-electron chi connectivity index (χ2n) is 3.60. The molecule has 1 amide bonds. The van der Waals surface area contributed by atoms with Crippen LogP contribution in [0.5, 0.6) is 0 Å². The molecule has 6 heteroatoms. The van der Waals surface area contributed by atoms with Gasteiger partial charge in [-0.2, -0.15) is 0 Å². The Bertz CT molecular complexity index is 473. The molecule has 0 atom stereocenters. The third kappa shape index (κ3) is 4.34. The molecule has 0 radical (unpaired) electrons. The molecule has 0 aliphatic heterocycles. The van der Waals surface area contributed by atoms with Crippen molar-refractivity contribution < 1.29 is 20.1 Å². The molecule has 1 heterocycles. The minimum Gasteiger partial charge on any atom is -0.395 e. The number of amides is 1. The third-order valence-electron chi connectivity index (χ3n) is 2.34. The zero-order valence-electron chi connectivity index (χ0n) is 10.4. The number of hydrogen-bond donors (Lipinski definition) is 3. The van der Waals surface area contributed by atoms with Gasteiger partial charge in [0.05, 0.1) is 18.8 Å². The van der Waals surface area contributed by atoms with Crippen molar-refractivity contribution in [3.63, 3.8) is 0 Å². The van der Waals surface area contributed by atoms with Gasteiger partial charge in [0.25, 0.3) is 5.91 Å². The summed E-state index contributed by atoms with van der Waals surface area (Å²) in [5.74, 6) is 4.70. The fourth-order valence-electron chi connectivity index (χ4n) is 1.52. The van der Waals surface area contributed by atoms with E-state index in [1.54, 1.807) is 12.1 Å². The molecule has 0 aliphatic carbocycles. The van der Waals surface area contributed by atoms with Crippen molar-refractivity contribution in [1.82, 2.24) is 9.88 Å². The van der Waals surface area contributed by atoms with Crippen LogP contribution in [-0.4, -0.2) is 64.0 Å². The second-order valence-corrected chi connectivity index (χ2v) is 3.60. The Morgan fingerprint density at radius 1 is 1.26 bits per heavy atom. The highest BCUT2D eigenvalue weighted by atomic mass is 16.3. The molecule has 19 heavy (non-hydrogen) atoms. The van der Waals surface area contributed by atoms with E-state index in [1.165, 1.54) is 11.1 Å². The van der Waals surface area contributed by atoms with Crippen molar-refractivity contribution in [2.45, 2.75) is 0 Å². The van der Waals surface area contributed by atoms with E-state index in [9.17, 15) is 4.79 Å². The van der Waals surface area contributed by atoms with Crippen LogP contribution in [0.2, 0.25) is 0 Å². The maximum Gasteiger partial charge on any atom is 0.273 e. The van der Waals surface area contributed by atoms with Crippen LogP contribution in [0.1, 0.15) is 16.1 Å². The molecule has 6 nitrogen and oxygen atoms in total. The average Bonchev–Trinajstić information content (AvgIpc) is 2.44. The average molecular weight is 264 g/mol. The van der Waals surface area contributed by atoms with Crippen LogP contribution in [0.25, 0.3) is 0 Å². The zero-order chi connectivity index (χ0) is 14.1. The van der Waals surface area contributed by atoms with Gasteiger partial charge in [0, 0.05) is 19.3 Å². The minimum atomic E-state index is -0.411. The number of hydrogen-bond acceptors (Lipinski definition) is 5. The molecule has 0 aliphatic rings. The predicted octanol–water partition coefficient (Wildman–Crippen LogP) is -1.15. The maximum absolute atomic E-state index is 12.2. The summed E-state index contributed by atoms with van der Waals surface area (Å²) < 4.78 is 0. The molecule has 0 bridgehead atoms. The lowest BCUT2D eigenvalue weighted by Gasteiger charge is -2.20. The van der Waals surface area contributed by atoms with Crippen molar-refractivity contribution in [2.24, 2.45) is 0 Å². The molecular weight excluding hydrogens is 248 g/mol. The monoisotopic (exact) mass is 264 g/mol. The Morgan fingerprint density at radius 2 is 1.95 bits per heavy atom. The van der Waals surface area contributed by atoms with Crippen LogP contribution < -0.4 is 0 Å². The van der Waals surface area contributed by atoms with Gasteiger partial charge in [-0.3, -0.25) is 4.79 Å². The molecule has 3 N–H and O–H groups in total. The van der Waals surface area contributed by atoms with Gasteiger partial charge in [0.1, 0.15) is 12.3 Å². The van der Waals surface area contributed by atoms with Crippen molar-refractivity contribution in [2.75, 3.05) is 32.9 Å². The van der Waals surface area contributed by atoms with E-state index < -0.39 is 5.91 Å². The number of rotatable bonds is 5. The summed E-state index contributed by atoms with van der Waals surface area (Å²) in [5, 5.41) is 26.5. The number of aliphatic hydroxyl groups excluding tert-OH is 3. The first kappa shape index (κ1) is 15.1. The Labute approximate surface area is 111 Å². The molecule has 0 saturated heterocycles. The molecule has 0 fully saturated rings. The number of carbonyl (C=O) groups excluding carboxylic acids is 1. The summed E-state index contributed by atoms with van der Waals surface area (Å²) in [4.78, 5) is 17.5. The van der Waals surface area contributed by atoms with E-state index in [-0.39, 0.29) is 38.6 Å². The fourth-order valence-corrected chi connectivity index (χ4v) is 1.52. The van der Waals surface area contributed by atoms with Crippen molar-refractivity contribution >= 4 is 5.91 Å². The summed E-state index contributed by atoms with van der Waals surface area (Å²) in [5.41, 5.74) is 0.549. The highest BCUT2D eigenvalue weighted by molar-refractivity contribution is 5.94. The van der Waals surface area contributed by atoms with Crippen LogP contribution in [0, 0.1) is 11.8 Å². The molecule has 0 saturated carbocycles. The molecule has 1 rings (SSSR count). The predicted molar refractivity (Wildman–Crippen MR) is 68.3 cm³/mol. The molecule has 1 aromatic heterocycles. The molecule has 0 spiro atoms. The largest absolute Gasteiger partial charge is 0.395 e. The van der Waals surface area contributed by atoms with Crippen molar-refractivity contribution in [3.8, 4) is 11.8 Å². The van der Waals surface area contributed by atoms with E-state index in [1.807, 2.05) is 0 Å². The van der Waals surface area contributed by atoms with E-state index in [4.69, 9.17) is 15.3 Å². The number of carbonyl (C=O) groups is 1.